The number of cyclic esters (lactones) is 1. The fourth-order valence-electron chi connectivity index (χ4n) is 4.60. The SMILES string of the molecule is CC[C@@]1(O)C(=O)OC(C)(OC(C)=O)c2c1cc1n(c2=O)Cc2cc3c(O)cccc3nc2-1. The van der Waals surface area contributed by atoms with Crippen LogP contribution in [0.15, 0.2) is 35.1 Å². The van der Waals surface area contributed by atoms with E-state index in [1.807, 2.05) is 0 Å². The van der Waals surface area contributed by atoms with E-state index in [-0.39, 0.29) is 29.8 Å². The minimum atomic E-state index is -2.08. The molecule has 164 valence electrons. The molecule has 1 unspecified atom stereocenters. The van der Waals surface area contributed by atoms with Gasteiger partial charge in [0.25, 0.3) is 11.3 Å². The van der Waals surface area contributed by atoms with Crippen molar-refractivity contribution in [1.82, 2.24) is 9.55 Å². The first kappa shape index (κ1) is 20.2. The van der Waals surface area contributed by atoms with Gasteiger partial charge in [0.1, 0.15) is 11.3 Å². The molecule has 0 saturated carbocycles. The highest BCUT2D eigenvalue weighted by Gasteiger charge is 2.55. The van der Waals surface area contributed by atoms with E-state index in [0.717, 1.165) is 6.92 Å². The molecular formula is C23H20N2O7. The highest BCUT2D eigenvalue weighted by molar-refractivity contribution is 5.89. The molecule has 2 aliphatic heterocycles. The molecule has 2 N–H and O–H groups in total. The molecule has 9 nitrogen and oxygen atoms in total. The van der Waals surface area contributed by atoms with E-state index >= 15 is 0 Å². The molecular weight excluding hydrogens is 416 g/mol. The standard InChI is InChI=1S/C23H20N2O7/c1-4-23(30)14-9-16-19-12(8-13-15(24-19)6-5-7-17(13)27)10-25(16)20(28)18(14)22(3,31-11(2)26)32-21(23)29/h5-9,27,30H,4,10H2,1-3H3/t22?,23-/m0/s1. The van der Waals surface area contributed by atoms with Gasteiger partial charge in [-0.25, -0.2) is 9.78 Å². The number of fused-ring (bicyclic) bond motifs is 5. The third-order valence-corrected chi connectivity index (χ3v) is 6.16. The quantitative estimate of drug-likeness (QED) is 0.457. The summed E-state index contributed by atoms with van der Waals surface area (Å²) >= 11 is 0. The molecule has 0 radical (unpaired) electrons. The summed E-state index contributed by atoms with van der Waals surface area (Å²) in [6.07, 6.45) is -0.0518. The Labute approximate surface area is 181 Å². The fraction of sp³-hybridized carbons (Fsp3) is 0.304. The maximum Gasteiger partial charge on any atom is 0.346 e. The lowest BCUT2D eigenvalue weighted by Crippen LogP contribution is -2.53. The van der Waals surface area contributed by atoms with Gasteiger partial charge in [-0.05, 0) is 30.7 Å². The van der Waals surface area contributed by atoms with Gasteiger partial charge in [0.15, 0.2) is 5.60 Å². The molecule has 0 saturated heterocycles. The fourth-order valence-corrected chi connectivity index (χ4v) is 4.60. The lowest BCUT2D eigenvalue weighted by molar-refractivity contribution is -0.247. The third-order valence-electron chi connectivity index (χ3n) is 6.16. The lowest BCUT2D eigenvalue weighted by atomic mass is 9.82. The Morgan fingerprint density at radius 2 is 2.06 bits per heavy atom. The van der Waals surface area contributed by atoms with Crippen molar-refractivity contribution < 1.29 is 29.3 Å². The lowest BCUT2D eigenvalue weighted by Gasteiger charge is -2.40. The van der Waals surface area contributed by atoms with Gasteiger partial charge in [-0.3, -0.25) is 9.59 Å². The summed E-state index contributed by atoms with van der Waals surface area (Å²) in [6, 6.07) is 8.26. The van der Waals surface area contributed by atoms with Crippen LogP contribution < -0.4 is 5.56 Å². The number of carbonyl (C=O) groups is 2. The molecule has 32 heavy (non-hydrogen) atoms. The number of aromatic hydroxyl groups is 1. The van der Waals surface area contributed by atoms with Crippen LogP contribution in [0.25, 0.3) is 22.3 Å². The molecule has 0 amide bonds. The van der Waals surface area contributed by atoms with Gasteiger partial charge in [-0.2, -0.15) is 0 Å². The number of benzene rings is 1. The molecule has 0 bridgehead atoms. The number of pyridine rings is 2. The van der Waals surface area contributed by atoms with Crippen molar-refractivity contribution in [2.45, 2.75) is 45.1 Å². The van der Waals surface area contributed by atoms with Gasteiger partial charge in [0.2, 0.25) is 0 Å². The van der Waals surface area contributed by atoms with Crippen LogP contribution in [0.4, 0.5) is 0 Å². The molecule has 4 heterocycles. The summed E-state index contributed by atoms with van der Waals surface area (Å²) in [7, 11) is 0. The maximum atomic E-state index is 13.6. The van der Waals surface area contributed by atoms with Crippen LogP contribution in [0.1, 0.15) is 43.9 Å². The van der Waals surface area contributed by atoms with Crippen molar-refractivity contribution in [1.29, 1.82) is 0 Å². The van der Waals surface area contributed by atoms with Crippen molar-refractivity contribution in [3.8, 4) is 17.1 Å². The van der Waals surface area contributed by atoms with Crippen LogP contribution >= 0.6 is 0 Å². The first-order valence-electron chi connectivity index (χ1n) is 10.1. The number of phenolic OH excluding ortho intramolecular Hbond substituents is 1. The number of phenols is 1. The van der Waals surface area contributed by atoms with Crippen LogP contribution in [0.5, 0.6) is 5.75 Å². The Balaban J connectivity index is 1.83. The van der Waals surface area contributed by atoms with Crippen molar-refractivity contribution in [2.24, 2.45) is 0 Å². The van der Waals surface area contributed by atoms with Gasteiger partial charge >= 0.3 is 11.9 Å². The highest BCUT2D eigenvalue weighted by Crippen LogP contribution is 2.44. The van der Waals surface area contributed by atoms with Crippen molar-refractivity contribution in [2.75, 3.05) is 0 Å². The Morgan fingerprint density at radius 3 is 2.75 bits per heavy atom. The smallest absolute Gasteiger partial charge is 0.346 e. The van der Waals surface area contributed by atoms with Crippen LogP contribution in [0, 0.1) is 0 Å². The molecule has 1 aromatic carbocycles. The zero-order chi connectivity index (χ0) is 23.0. The number of rotatable bonds is 2. The Hall–Kier alpha value is -3.72. The van der Waals surface area contributed by atoms with E-state index < -0.39 is 28.9 Å². The topological polar surface area (TPSA) is 128 Å². The first-order valence-corrected chi connectivity index (χ1v) is 10.1. The second kappa shape index (κ2) is 6.39. The van der Waals surface area contributed by atoms with Gasteiger partial charge in [-0.1, -0.05) is 13.0 Å². The Morgan fingerprint density at radius 1 is 1.31 bits per heavy atom. The molecule has 2 aromatic heterocycles. The van der Waals surface area contributed by atoms with Crippen molar-refractivity contribution in [3.05, 3.63) is 57.4 Å². The van der Waals surface area contributed by atoms with E-state index in [4.69, 9.17) is 9.47 Å². The first-order chi connectivity index (χ1) is 15.1. The van der Waals surface area contributed by atoms with Gasteiger partial charge < -0.3 is 24.3 Å². The van der Waals surface area contributed by atoms with Gasteiger partial charge in [0, 0.05) is 30.4 Å². The van der Waals surface area contributed by atoms with Crippen molar-refractivity contribution >= 4 is 22.8 Å². The Bertz CT molecular complexity index is 1410. The number of aromatic nitrogens is 2. The molecule has 0 aliphatic carbocycles. The summed E-state index contributed by atoms with van der Waals surface area (Å²) in [6.45, 7) is 4.19. The number of hydrogen-bond donors (Lipinski definition) is 2. The zero-order valence-corrected chi connectivity index (χ0v) is 17.6. The summed E-state index contributed by atoms with van der Waals surface area (Å²) in [5, 5.41) is 21.9. The minimum absolute atomic E-state index is 0.0295. The van der Waals surface area contributed by atoms with Crippen molar-refractivity contribution in [3.63, 3.8) is 0 Å². The van der Waals surface area contributed by atoms with Crippen LogP contribution in [-0.4, -0.2) is 31.7 Å². The average Bonchev–Trinajstić information content (AvgIpc) is 3.08. The predicted octanol–water partition coefficient (Wildman–Crippen LogP) is 2.02. The number of aliphatic hydroxyl groups is 1. The normalized spacial score (nSPS) is 23.3. The number of esters is 2. The maximum absolute atomic E-state index is 13.6. The van der Waals surface area contributed by atoms with E-state index in [9.17, 15) is 24.6 Å². The summed E-state index contributed by atoms with van der Waals surface area (Å²) in [4.78, 5) is 42.8. The highest BCUT2D eigenvalue weighted by atomic mass is 16.7. The monoisotopic (exact) mass is 436 g/mol. The number of ether oxygens (including phenoxy) is 2. The molecule has 3 aromatic rings. The van der Waals surface area contributed by atoms with Crippen LogP contribution in [0.2, 0.25) is 0 Å². The van der Waals surface area contributed by atoms with E-state index in [0.29, 0.717) is 27.9 Å². The number of carbonyl (C=O) groups excluding carboxylic acids is 2. The van der Waals surface area contributed by atoms with E-state index in [2.05, 4.69) is 4.98 Å². The zero-order valence-electron chi connectivity index (χ0n) is 17.6. The van der Waals surface area contributed by atoms with Crippen LogP contribution in [-0.2, 0) is 37.0 Å². The largest absolute Gasteiger partial charge is 0.507 e. The second-order valence-corrected chi connectivity index (χ2v) is 8.19. The summed E-state index contributed by atoms with van der Waals surface area (Å²) in [5.74, 6) is -3.66. The third kappa shape index (κ3) is 2.54. The molecule has 5 rings (SSSR count). The van der Waals surface area contributed by atoms with Gasteiger partial charge in [0.05, 0.1) is 23.4 Å². The molecule has 9 heteroatoms. The summed E-state index contributed by atoms with van der Waals surface area (Å²) in [5.41, 5.74) is -0.566. The molecule has 0 fully saturated rings. The predicted molar refractivity (Wildman–Crippen MR) is 112 cm³/mol. The second-order valence-electron chi connectivity index (χ2n) is 8.19. The van der Waals surface area contributed by atoms with E-state index in [1.165, 1.54) is 17.6 Å². The van der Waals surface area contributed by atoms with Crippen LogP contribution in [0.3, 0.4) is 0 Å². The molecule has 2 aliphatic rings. The van der Waals surface area contributed by atoms with E-state index in [1.54, 1.807) is 31.2 Å². The summed E-state index contributed by atoms with van der Waals surface area (Å²) < 4.78 is 12.0. The molecule has 2 atom stereocenters. The minimum Gasteiger partial charge on any atom is -0.507 e. The Kier molecular flexibility index (Phi) is 4.04. The average molecular weight is 436 g/mol. The van der Waals surface area contributed by atoms with Gasteiger partial charge in [-0.15, -0.1) is 0 Å². The number of hydrogen-bond acceptors (Lipinski definition) is 8. The number of nitrogens with zero attached hydrogens (tertiary/aromatic N) is 2. The molecule has 0 spiro atoms.